The fraction of sp³-hybridized carbons (Fsp3) is 0.375. The molecule has 0 aliphatic heterocycles. The highest BCUT2D eigenvalue weighted by Gasteiger charge is 2.28. The molecule has 0 unspecified atom stereocenters. The van der Waals surface area contributed by atoms with E-state index in [0.29, 0.717) is 5.02 Å². The minimum Gasteiger partial charge on any atom is -0.506 e. The van der Waals surface area contributed by atoms with E-state index in [2.05, 4.69) is 0 Å². The number of Topliss-reactive ketones (excluding diaryl/α,β-unsaturated/α-hetero) is 2. The first-order valence-corrected chi connectivity index (χ1v) is 7.39. The SMILES string of the molecule is CC(C)C(=O)C(C(=O)C(C)C)=C(O)c1ccc(Cl)cc1Cl. The number of hydrogen-bond acceptors (Lipinski definition) is 3. The van der Waals surface area contributed by atoms with Crippen molar-refractivity contribution in [2.45, 2.75) is 27.7 Å². The second-order valence-corrected chi connectivity index (χ2v) is 6.23. The van der Waals surface area contributed by atoms with Crippen LogP contribution in [0.15, 0.2) is 23.8 Å². The van der Waals surface area contributed by atoms with Gasteiger partial charge in [-0.05, 0) is 18.2 Å². The number of rotatable bonds is 5. The molecule has 0 saturated carbocycles. The van der Waals surface area contributed by atoms with Crippen molar-refractivity contribution in [2.75, 3.05) is 0 Å². The Labute approximate surface area is 134 Å². The van der Waals surface area contributed by atoms with Crippen molar-refractivity contribution >= 4 is 40.5 Å². The monoisotopic (exact) mass is 328 g/mol. The van der Waals surface area contributed by atoms with Crippen molar-refractivity contribution < 1.29 is 14.7 Å². The molecule has 0 fully saturated rings. The first-order chi connectivity index (χ1) is 9.66. The summed E-state index contributed by atoms with van der Waals surface area (Å²) in [5, 5.41) is 11.0. The third-order valence-corrected chi connectivity index (χ3v) is 3.51. The number of carbonyl (C=O) groups excluding carboxylic acids is 2. The number of aliphatic hydroxyl groups excluding tert-OH is 1. The van der Waals surface area contributed by atoms with E-state index in [1.807, 2.05) is 0 Å². The van der Waals surface area contributed by atoms with E-state index in [9.17, 15) is 14.7 Å². The number of aliphatic hydroxyl groups is 1. The Kier molecular flexibility index (Phi) is 5.99. The molecule has 0 bridgehead atoms. The maximum Gasteiger partial charge on any atom is 0.172 e. The molecule has 1 N–H and O–H groups in total. The van der Waals surface area contributed by atoms with Gasteiger partial charge in [0.05, 0.1) is 5.02 Å². The summed E-state index contributed by atoms with van der Waals surface area (Å²) in [6.45, 7) is 6.69. The van der Waals surface area contributed by atoms with E-state index in [-0.39, 0.29) is 16.2 Å². The molecule has 1 aromatic carbocycles. The first kappa shape index (κ1) is 17.7. The van der Waals surface area contributed by atoms with Crippen LogP contribution in [0.4, 0.5) is 0 Å². The first-order valence-electron chi connectivity index (χ1n) is 6.63. The normalized spacial score (nSPS) is 10.9. The molecule has 1 aromatic rings. The lowest BCUT2D eigenvalue weighted by Crippen LogP contribution is -2.23. The molecule has 0 aliphatic carbocycles. The van der Waals surface area contributed by atoms with Crippen LogP contribution in [0.2, 0.25) is 10.0 Å². The Hall–Kier alpha value is -1.32. The number of allylic oxidation sites excluding steroid dienone is 1. The van der Waals surface area contributed by atoms with E-state index < -0.39 is 29.2 Å². The lowest BCUT2D eigenvalue weighted by Gasteiger charge is -2.14. The zero-order valence-corrected chi connectivity index (χ0v) is 13.9. The summed E-state index contributed by atoms with van der Waals surface area (Å²) in [5.74, 6) is -2.02. The fourth-order valence-corrected chi connectivity index (χ4v) is 2.25. The van der Waals surface area contributed by atoms with Crippen molar-refractivity contribution in [2.24, 2.45) is 11.8 Å². The maximum absolute atomic E-state index is 12.3. The van der Waals surface area contributed by atoms with Crippen LogP contribution in [0.5, 0.6) is 0 Å². The minimum atomic E-state index is -0.407. The summed E-state index contributed by atoms with van der Waals surface area (Å²) in [5.41, 5.74) is 0.0169. The highest BCUT2D eigenvalue weighted by molar-refractivity contribution is 6.36. The number of benzene rings is 1. The van der Waals surface area contributed by atoms with Gasteiger partial charge in [-0.15, -0.1) is 0 Å². The molecule has 0 spiro atoms. The van der Waals surface area contributed by atoms with Crippen LogP contribution in [0.25, 0.3) is 5.76 Å². The zero-order chi connectivity index (χ0) is 16.3. The lowest BCUT2D eigenvalue weighted by molar-refractivity contribution is -0.124. The Morgan fingerprint density at radius 3 is 1.86 bits per heavy atom. The van der Waals surface area contributed by atoms with Gasteiger partial charge in [-0.2, -0.15) is 0 Å². The van der Waals surface area contributed by atoms with Crippen molar-refractivity contribution in [3.05, 3.63) is 39.4 Å². The molecule has 21 heavy (non-hydrogen) atoms. The van der Waals surface area contributed by atoms with E-state index >= 15 is 0 Å². The quantitative estimate of drug-likeness (QED) is 0.368. The molecule has 5 heteroatoms. The summed E-state index contributed by atoms with van der Waals surface area (Å²) in [4.78, 5) is 24.5. The van der Waals surface area contributed by atoms with Crippen LogP contribution in [0, 0.1) is 11.8 Å². The average molecular weight is 329 g/mol. The molecule has 0 atom stereocenters. The van der Waals surface area contributed by atoms with Crippen molar-refractivity contribution in [3.63, 3.8) is 0 Å². The van der Waals surface area contributed by atoms with Gasteiger partial charge in [-0.1, -0.05) is 50.9 Å². The molecule has 1 rings (SSSR count). The van der Waals surface area contributed by atoms with Crippen molar-refractivity contribution in [1.29, 1.82) is 0 Å². The summed E-state index contributed by atoms with van der Waals surface area (Å²) in [7, 11) is 0. The van der Waals surface area contributed by atoms with Gasteiger partial charge in [-0.3, -0.25) is 9.59 Å². The molecular formula is C16H18Cl2O3. The standard InChI is InChI=1S/C16H18Cl2O3/c1-8(2)14(19)13(15(20)9(3)4)16(21)11-6-5-10(17)7-12(11)18/h5-9,21H,1-4H3. The van der Waals surface area contributed by atoms with Gasteiger partial charge in [0, 0.05) is 22.4 Å². The van der Waals surface area contributed by atoms with Gasteiger partial charge < -0.3 is 5.11 Å². The maximum atomic E-state index is 12.3. The summed E-state index contributed by atoms with van der Waals surface area (Å²) in [6.07, 6.45) is 0. The lowest BCUT2D eigenvalue weighted by atomic mass is 9.90. The Morgan fingerprint density at radius 1 is 1.00 bits per heavy atom. The molecule has 114 valence electrons. The van der Waals surface area contributed by atoms with E-state index in [0.717, 1.165) is 0 Å². The van der Waals surface area contributed by atoms with E-state index in [4.69, 9.17) is 23.2 Å². The van der Waals surface area contributed by atoms with Gasteiger partial charge in [0.2, 0.25) is 0 Å². The van der Waals surface area contributed by atoms with Crippen LogP contribution in [0.3, 0.4) is 0 Å². The van der Waals surface area contributed by atoms with Crippen LogP contribution < -0.4 is 0 Å². The molecule has 0 aromatic heterocycles. The highest BCUT2D eigenvalue weighted by Crippen LogP contribution is 2.29. The minimum absolute atomic E-state index is 0.186. The van der Waals surface area contributed by atoms with Crippen molar-refractivity contribution in [1.82, 2.24) is 0 Å². The molecule has 3 nitrogen and oxygen atoms in total. The Morgan fingerprint density at radius 2 is 1.48 bits per heavy atom. The Balaban J connectivity index is 3.53. The van der Waals surface area contributed by atoms with Gasteiger partial charge in [0.15, 0.2) is 11.6 Å². The van der Waals surface area contributed by atoms with Crippen molar-refractivity contribution in [3.8, 4) is 0 Å². The van der Waals surface area contributed by atoms with Gasteiger partial charge in [-0.25, -0.2) is 0 Å². The van der Waals surface area contributed by atoms with Crippen LogP contribution in [-0.4, -0.2) is 16.7 Å². The molecule has 0 heterocycles. The predicted octanol–water partition coefficient (Wildman–Crippen LogP) is 4.71. The van der Waals surface area contributed by atoms with Crippen LogP contribution in [-0.2, 0) is 9.59 Å². The summed E-state index contributed by atoms with van der Waals surface area (Å²) < 4.78 is 0. The molecule has 0 saturated heterocycles. The molecule has 0 aliphatic rings. The average Bonchev–Trinajstić information content (AvgIpc) is 2.38. The third kappa shape index (κ3) is 4.08. The summed E-state index contributed by atoms with van der Waals surface area (Å²) in [6, 6.07) is 4.48. The Bertz CT molecular complexity index is 580. The number of carbonyl (C=O) groups is 2. The van der Waals surface area contributed by atoms with Gasteiger partial charge in [0.25, 0.3) is 0 Å². The highest BCUT2D eigenvalue weighted by atomic mass is 35.5. The number of hydrogen-bond donors (Lipinski definition) is 1. The van der Waals surface area contributed by atoms with Gasteiger partial charge in [0.1, 0.15) is 11.3 Å². The van der Waals surface area contributed by atoms with E-state index in [1.165, 1.54) is 18.2 Å². The topological polar surface area (TPSA) is 54.4 Å². The second-order valence-electron chi connectivity index (χ2n) is 5.39. The predicted molar refractivity (Wildman–Crippen MR) is 85.7 cm³/mol. The molecular weight excluding hydrogens is 311 g/mol. The van der Waals surface area contributed by atoms with E-state index in [1.54, 1.807) is 27.7 Å². The zero-order valence-electron chi connectivity index (χ0n) is 12.4. The number of halogens is 2. The summed E-state index contributed by atoms with van der Waals surface area (Å²) >= 11 is 11.8. The molecule has 0 radical (unpaired) electrons. The smallest absolute Gasteiger partial charge is 0.172 e. The molecule has 0 amide bonds. The third-order valence-electron chi connectivity index (χ3n) is 2.96. The largest absolute Gasteiger partial charge is 0.506 e. The fourth-order valence-electron chi connectivity index (χ4n) is 1.75. The van der Waals surface area contributed by atoms with Crippen LogP contribution >= 0.6 is 23.2 Å². The van der Waals surface area contributed by atoms with Crippen LogP contribution in [0.1, 0.15) is 33.3 Å². The number of ketones is 2. The second kappa shape index (κ2) is 7.10. The van der Waals surface area contributed by atoms with Gasteiger partial charge >= 0.3 is 0 Å².